The molecule has 5 nitrogen and oxygen atoms in total. The first-order valence-electron chi connectivity index (χ1n) is 6.96. The van der Waals surface area contributed by atoms with Crippen molar-refractivity contribution in [1.29, 1.82) is 0 Å². The molecule has 1 aromatic carbocycles. The zero-order valence-electron chi connectivity index (χ0n) is 12.5. The molecule has 0 atom stereocenters. The summed E-state index contributed by atoms with van der Waals surface area (Å²) < 4.78 is 3.47. The van der Waals surface area contributed by atoms with Gasteiger partial charge in [-0.05, 0) is 31.2 Å². The molecule has 3 aromatic rings. The summed E-state index contributed by atoms with van der Waals surface area (Å²) in [6, 6.07) is 9.75. The number of aryl methyl sites for hydroxylation is 1. The van der Waals surface area contributed by atoms with Crippen molar-refractivity contribution in [3.05, 3.63) is 71.8 Å². The van der Waals surface area contributed by atoms with E-state index >= 15 is 0 Å². The normalized spacial score (nSPS) is 11.2. The molecular weight excluding hydrogens is 276 g/mol. The molecule has 2 heterocycles. The van der Waals surface area contributed by atoms with Crippen LogP contribution in [0.15, 0.2) is 55.0 Å². The predicted octanol–water partition coefficient (Wildman–Crippen LogP) is 2.81. The number of hydrogen-bond donors (Lipinski definition) is 0. The Kier molecular flexibility index (Phi) is 3.70. The predicted molar refractivity (Wildman–Crippen MR) is 84.9 cm³/mol. The van der Waals surface area contributed by atoms with Crippen molar-refractivity contribution in [1.82, 2.24) is 19.6 Å². The van der Waals surface area contributed by atoms with Crippen molar-refractivity contribution in [3.8, 4) is 5.69 Å². The molecule has 5 heteroatoms. The summed E-state index contributed by atoms with van der Waals surface area (Å²) in [5.41, 5.74) is 3.26. The Hall–Kier alpha value is -2.95. The van der Waals surface area contributed by atoms with Crippen molar-refractivity contribution in [2.45, 2.75) is 6.92 Å². The number of hydrogen-bond acceptors (Lipinski definition) is 3. The molecule has 3 rings (SSSR count). The van der Waals surface area contributed by atoms with Gasteiger partial charge in [-0.1, -0.05) is 18.2 Å². The maximum atomic E-state index is 12.3. The van der Waals surface area contributed by atoms with Gasteiger partial charge in [0.25, 0.3) is 0 Å². The van der Waals surface area contributed by atoms with Crippen LogP contribution in [0, 0.1) is 6.92 Å². The first-order valence-corrected chi connectivity index (χ1v) is 6.96. The van der Waals surface area contributed by atoms with E-state index in [9.17, 15) is 4.79 Å². The Morgan fingerprint density at radius 2 is 1.91 bits per heavy atom. The number of para-hydroxylation sites is 1. The SMILES string of the molecule is Cc1c(C(=O)C=Cc2cnn(C)c2)cnn1-c1ccccc1. The Labute approximate surface area is 128 Å². The van der Waals surface area contributed by atoms with Gasteiger partial charge in [0.1, 0.15) is 0 Å². The van der Waals surface area contributed by atoms with Gasteiger partial charge >= 0.3 is 0 Å². The fourth-order valence-electron chi connectivity index (χ4n) is 2.27. The highest BCUT2D eigenvalue weighted by Gasteiger charge is 2.12. The minimum atomic E-state index is -0.0662. The minimum Gasteiger partial charge on any atom is -0.289 e. The lowest BCUT2D eigenvalue weighted by Gasteiger charge is -2.03. The van der Waals surface area contributed by atoms with E-state index in [1.807, 2.05) is 50.5 Å². The highest BCUT2D eigenvalue weighted by molar-refractivity contribution is 6.07. The monoisotopic (exact) mass is 292 g/mol. The van der Waals surface area contributed by atoms with E-state index in [0.717, 1.165) is 16.9 Å². The Morgan fingerprint density at radius 3 is 2.59 bits per heavy atom. The number of carbonyl (C=O) groups excluding carboxylic acids is 1. The third-order valence-corrected chi connectivity index (χ3v) is 3.43. The molecule has 0 aliphatic heterocycles. The van der Waals surface area contributed by atoms with Crippen LogP contribution in [-0.2, 0) is 7.05 Å². The minimum absolute atomic E-state index is 0.0662. The molecule has 0 saturated heterocycles. The molecule has 2 aromatic heterocycles. The van der Waals surface area contributed by atoms with Gasteiger partial charge in [-0.3, -0.25) is 9.48 Å². The van der Waals surface area contributed by atoms with E-state index < -0.39 is 0 Å². The van der Waals surface area contributed by atoms with Gasteiger partial charge in [-0.2, -0.15) is 10.2 Å². The molecule has 0 amide bonds. The molecule has 0 N–H and O–H groups in total. The van der Waals surface area contributed by atoms with E-state index in [2.05, 4.69) is 10.2 Å². The second-order valence-electron chi connectivity index (χ2n) is 5.04. The molecule has 0 aliphatic rings. The number of ketones is 1. The average Bonchev–Trinajstić information content (AvgIpc) is 3.12. The van der Waals surface area contributed by atoms with Crippen molar-refractivity contribution < 1.29 is 4.79 Å². The molecule has 110 valence electrons. The van der Waals surface area contributed by atoms with Crippen LogP contribution >= 0.6 is 0 Å². The van der Waals surface area contributed by atoms with Crippen LogP contribution in [-0.4, -0.2) is 25.3 Å². The number of allylic oxidation sites excluding steroid dienone is 1. The van der Waals surface area contributed by atoms with Gasteiger partial charge in [-0.25, -0.2) is 4.68 Å². The van der Waals surface area contributed by atoms with Crippen LogP contribution < -0.4 is 0 Å². The smallest absolute Gasteiger partial charge is 0.189 e. The van der Waals surface area contributed by atoms with Crippen LogP contribution in [0.2, 0.25) is 0 Å². The molecule has 22 heavy (non-hydrogen) atoms. The molecule has 0 bridgehead atoms. The summed E-state index contributed by atoms with van der Waals surface area (Å²) in [7, 11) is 1.84. The van der Waals surface area contributed by atoms with Crippen LogP contribution in [0.5, 0.6) is 0 Å². The van der Waals surface area contributed by atoms with Crippen LogP contribution in [0.4, 0.5) is 0 Å². The quantitative estimate of drug-likeness (QED) is 0.549. The second-order valence-corrected chi connectivity index (χ2v) is 5.04. The summed E-state index contributed by atoms with van der Waals surface area (Å²) >= 11 is 0. The molecule has 0 unspecified atom stereocenters. The maximum Gasteiger partial charge on any atom is 0.189 e. The third-order valence-electron chi connectivity index (χ3n) is 3.43. The Balaban J connectivity index is 1.85. The maximum absolute atomic E-state index is 12.3. The summed E-state index contributed by atoms with van der Waals surface area (Å²) in [5, 5.41) is 8.38. The van der Waals surface area contributed by atoms with E-state index in [-0.39, 0.29) is 5.78 Å². The average molecular weight is 292 g/mol. The summed E-state index contributed by atoms with van der Waals surface area (Å²) in [6.07, 6.45) is 8.48. The number of rotatable bonds is 4. The first-order chi connectivity index (χ1) is 10.6. The fraction of sp³-hybridized carbons (Fsp3) is 0.118. The van der Waals surface area contributed by atoms with Gasteiger partial charge in [0, 0.05) is 18.8 Å². The van der Waals surface area contributed by atoms with Gasteiger partial charge in [0.15, 0.2) is 5.78 Å². The van der Waals surface area contributed by atoms with Crippen LogP contribution in [0.1, 0.15) is 21.6 Å². The lowest BCUT2D eigenvalue weighted by Crippen LogP contribution is -2.01. The van der Waals surface area contributed by atoms with Gasteiger partial charge in [0.2, 0.25) is 0 Å². The lowest BCUT2D eigenvalue weighted by molar-refractivity contribution is 0.104. The van der Waals surface area contributed by atoms with Crippen LogP contribution in [0.25, 0.3) is 11.8 Å². The van der Waals surface area contributed by atoms with Crippen molar-refractivity contribution >= 4 is 11.9 Å². The fourth-order valence-corrected chi connectivity index (χ4v) is 2.27. The number of nitrogens with zero attached hydrogens (tertiary/aromatic N) is 4. The highest BCUT2D eigenvalue weighted by Crippen LogP contribution is 2.15. The van der Waals surface area contributed by atoms with Crippen molar-refractivity contribution in [2.24, 2.45) is 7.05 Å². The van der Waals surface area contributed by atoms with Crippen molar-refractivity contribution in [3.63, 3.8) is 0 Å². The summed E-state index contributed by atoms with van der Waals surface area (Å²) in [5.74, 6) is -0.0662. The van der Waals surface area contributed by atoms with E-state index in [1.165, 1.54) is 0 Å². The lowest BCUT2D eigenvalue weighted by atomic mass is 10.1. The third kappa shape index (κ3) is 2.74. The van der Waals surface area contributed by atoms with E-state index in [1.54, 1.807) is 33.9 Å². The largest absolute Gasteiger partial charge is 0.289 e. The van der Waals surface area contributed by atoms with Crippen LogP contribution in [0.3, 0.4) is 0 Å². The summed E-state index contributed by atoms with van der Waals surface area (Å²) in [6.45, 7) is 1.89. The first kappa shape index (κ1) is 14.0. The molecule has 0 spiro atoms. The number of benzene rings is 1. The van der Waals surface area contributed by atoms with Gasteiger partial charge in [0.05, 0.1) is 29.3 Å². The molecule has 0 radical (unpaired) electrons. The van der Waals surface area contributed by atoms with E-state index in [4.69, 9.17) is 0 Å². The zero-order chi connectivity index (χ0) is 15.5. The Morgan fingerprint density at radius 1 is 1.14 bits per heavy atom. The standard InChI is InChI=1S/C17H16N4O/c1-13-16(11-19-21(13)15-6-4-3-5-7-15)17(22)9-8-14-10-18-20(2)12-14/h3-12H,1-2H3. The number of carbonyl (C=O) groups is 1. The van der Waals surface area contributed by atoms with Crippen molar-refractivity contribution in [2.75, 3.05) is 0 Å². The topological polar surface area (TPSA) is 52.7 Å². The Bertz CT molecular complexity index is 827. The van der Waals surface area contributed by atoms with E-state index in [0.29, 0.717) is 5.56 Å². The van der Waals surface area contributed by atoms with Gasteiger partial charge in [-0.15, -0.1) is 0 Å². The number of aromatic nitrogens is 4. The molecule has 0 aliphatic carbocycles. The molecular formula is C17H16N4O. The zero-order valence-corrected chi connectivity index (χ0v) is 12.5. The summed E-state index contributed by atoms with van der Waals surface area (Å²) in [4.78, 5) is 12.3. The second kappa shape index (κ2) is 5.81. The molecule has 0 fully saturated rings. The molecule has 0 saturated carbocycles. The highest BCUT2D eigenvalue weighted by atomic mass is 16.1. The van der Waals surface area contributed by atoms with Gasteiger partial charge < -0.3 is 0 Å².